The number of ether oxygens (including phenoxy) is 1. The summed E-state index contributed by atoms with van der Waals surface area (Å²) in [5.41, 5.74) is 5.29. The van der Waals surface area contributed by atoms with E-state index in [2.05, 4.69) is 10.3 Å². The Morgan fingerprint density at radius 2 is 2.08 bits per heavy atom. The molecular weight excluding hydrogens is 479 g/mol. The molecule has 5 atom stereocenters. The van der Waals surface area contributed by atoms with Crippen molar-refractivity contribution < 1.29 is 32.6 Å². The highest BCUT2D eigenvalue weighted by Gasteiger charge is 2.55. The minimum atomic E-state index is -4.50. The second kappa shape index (κ2) is 9.46. The van der Waals surface area contributed by atoms with Crippen molar-refractivity contribution in [3.63, 3.8) is 0 Å². The monoisotopic (exact) mass is 511 g/mol. The Morgan fingerprint density at radius 1 is 1.28 bits per heavy atom. The third kappa shape index (κ3) is 4.78. The Morgan fingerprint density at radius 3 is 2.81 bits per heavy atom. The Kier molecular flexibility index (Phi) is 6.63. The molecule has 1 aromatic heterocycles. The molecule has 1 aromatic rings. The van der Waals surface area contributed by atoms with Gasteiger partial charge in [-0.2, -0.15) is 13.2 Å². The number of amides is 3. The minimum Gasteiger partial charge on any atom is -0.389 e. The van der Waals surface area contributed by atoms with Gasteiger partial charge in [0.25, 0.3) is 0 Å². The first-order chi connectivity index (χ1) is 17.1. The first-order valence-electron chi connectivity index (χ1n) is 12.5. The molecule has 4 N–H and O–H groups in total. The SMILES string of the molecule is NC(=O)N1CC(C(=O)N2CCc3ncc(C(F)(F)F)cc3C2)[C@@]2(CC[C@H](N[C@@H]3CCOC[C@@H]3O)C2)C1. The molecule has 1 aliphatic carbocycles. The van der Waals surface area contributed by atoms with E-state index in [9.17, 15) is 27.9 Å². The van der Waals surface area contributed by atoms with Crippen LogP contribution in [0.25, 0.3) is 0 Å². The first-order valence-corrected chi connectivity index (χ1v) is 12.5. The molecule has 3 fully saturated rings. The van der Waals surface area contributed by atoms with Crippen LogP contribution in [0.3, 0.4) is 0 Å². The molecule has 0 bridgehead atoms. The van der Waals surface area contributed by atoms with E-state index in [4.69, 9.17) is 10.5 Å². The highest BCUT2D eigenvalue weighted by Crippen LogP contribution is 2.50. The molecule has 2 saturated heterocycles. The lowest BCUT2D eigenvalue weighted by Crippen LogP contribution is -2.50. The van der Waals surface area contributed by atoms with E-state index in [-0.39, 0.29) is 37.7 Å². The number of rotatable bonds is 3. The van der Waals surface area contributed by atoms with Crippen molar-refractivity contribution in [2.75, 3.05) is 32.8 Å². The Hall–Kier alpha value is -2.44. The number of carbonyl (C=O) groups excluding carboxylic acids is 2. The van der Waals surface area contributed by atoms with Crippen molar-refractivity contribution in [2.45, 2.75) is 63.0 Å². The number of aromatic nitrogens is 1. The number of nitrogens with zero attached hydrogens (tertiary/aromatic N) is 3. The second-order valence-corrected chi connectivity index (χ2v) is 10.6. The van der Waals surface area contributed by atoms with Gasteiger partial charge < -0.3 is 30.7 Å². The predicted octanol–water partition coefficient (Wildman–Crippen LogP) is 1.27. The third-order valence-corrected chi connectivity index (χ3v) is 8.36. The summed E-state index contributed by atoms with van der Waals surface area (Å²) < 4.78 is 44.9. The molecular formula is C24H32F3N5O4. The highest BCUT2D eigenvalue weighted by atomic mass is 19.4. The maximum absolute atomic E-state index is 13.8. The number of alkyl halides is 3. The summed E-state index contributed by atoms with van der Waals surface area (Å²) in [5.74, 6) is -0.648. The van der Waals surface area contributed by atoms with Gasteiger partial charge in [-0.25, -0.2) is 4.79 Å². The molecule has 3 amide bonds. The summed E-state index contributed by atoms with van der Waals surface area (Å²) in [6.07, 6.45) is -1.02. The van der Waals surface area contributed by atoms with Crippen LogP contribution in [0, 0.1) is 11.3 Å². The second-order valence-electron chi connectivity index (χ2n) is 10.6. The van der Waals surface area contributed by atoms with Gasteiger partial charge in [0, 0.05) is 68.6 Å². The zero-order valence-electron chi connectivity index (χ0n) is 20.0. The summed E-state index contributed by atoms with van der Waals surface area (Å²) in [5, 5.41) is 13.8. The van der Waals surface area contributed by atoms with Gasteiger partial charge in [0.1, 0.15) is 0 Å². The lowest BCUT2D eigenvalue weighted by molar-refractivity contribution is -0.139. The average molecular weight is 512 g/mol. The zero-order valence-corrected chi connectivity index (χ0v) is 20.0. The van der Waals surface area contributed by atoms with E-state index in [1.54, 1.807) is 4.90 Å². The molecule has 198 valence electrons. The van der Waals surface area contributed by atoms with Crippen LogP contribution < -0.4 is 11.1 Å². The number of pyridine rings is 1. The molecule has 1 spiro atoms. The van der Waals surface area contributed by atoms with Gasteiger partial charge >= 0.3 is 12.2 Å². The molecule has 3 aliphatic heterocycles. The van der Waals surface area contributed by atoms with Crippen LogP contribution in [-0.2, 0) is 28.7 Å². The van der Waals surface area contributed by atoms with Gasteiger partial charge in [-0.15, -0.1) is 0 Å². The molecule has 0 aromatic carbocycles. The third-order valence-electron chi connectivity index (χ3n) is 8.36. The van der Waals surface area contributed by atoms with Crippen LogP contribution in [0.2, 0.25) is 0 Å². The molecule has 12 heteroatoms. The molecule has 4 aliphatic rings. The molecule has 4 heterocycles. The molecule has 9 nitrogen and oxygen atoms in total. The van der Waals surface area contributed by atoms with Crippen LogP contribution in [0.15, 0.2) is 12.3 Å². The topological polar surface area (TPSA) is 121 Å². The number of carbonyl (C=O) groups is 2. The molecule has 0 radical (unpaired) electrons. The fourth-order valence-corrected chi connectivity index (χ4v) is 6.45. The van der Waals surface area contributed by atoms with Crippen LogP contribution >= 0.6 is 0 Å². The van der Waals surface area contributed by atoms with Gasteiger partial charge in [-0.05, 0) is 37.3 Å². The Balaban J connectivity index is 1.33. The predicted molar refractivity (Wildman–Crippen MR) is 121 cm³/mol. The van der Waals surface area contributed by atoms with Gasteiger partial charge in [-0.3, -0.25) is 9.78 Å². The van der Waals surface area contributed by atoms with E-state index in [0.29, 0.717) is 56.6 Å². The maximum Gasteiger partial charge on any atom is 0.417 e. The maximum atomic E-state index is 13.8. The molecule has 5 rings (SSSR count). The van der Waals surface area contributed by atoms with E-state index >= 15 is 0 Å². The van der Waals surface area contributed by atoms with Crippen molar-refractivity contribution in [2.24, 2.45) is 17.1 Å². The number of primary amides is 1. The lowest BCUT2D eigenvalue weighted by Gasteiger charge is -2.36. The summed E-state index contributed by atoms with van der Waals surface area (Å²) >= 11 is 0. The number of halogens is 3. The normalized spacial score (nSPS) is 32.7. The van der Waals surface area contributed by atoms with Crippen LogP contribution in [-0.4, -0.2) is 82.9 Å². The largest absolute Gasteiger partial charge is 0.417 e. The fraction of sp³-hybridized carbons (Fsp3) is 0.708. The zero-order chi connectivity index (χ0) is 25.7. The lowest BCUT2D eigenvalue weighted by atomic mass is 9.75. The Labute approximate surface area is 207 Å². The summed E-state index contributed by atoms with van der Waals surface area (Å²) in [4.78, 5) is 33.0. The smallest absolute Gasteiger partial charge is 0.389 e. The van der Waals surface area contributed by atoms with Crippen molar-refractivity contribution >= 4 is 11.9 Å². The van der Waals surface area contributed by atoms with Crippen molar-refractivity contribution in [3.05, 3.63) is 29.1 Å². The van der Waals surface area contributed by atoms with Crippen molar-refractivity contribution in [1.82, 2.24) is 20.1 Å². The van der Waals surface area contributed by atoms with Crippen molar-refractivity contribution in [1.29, 1.82) is 0 Å². The Bertz CT molecular complexity index is 1020. The first kappa shape index (κ1) is 25.2. The number of nitrogens with one attached hydrogen (secondary N) is 1. The van der Waals surface area contributed by atoms with E-state index in [1.807, 2.05) is 0 Å². The highest BCUT2D eigenvalue weighted by molar-refractivity contribution is 5.82. The van der Waals surface area contributed by atoms with Crippen LogP contribution in [0.5, 0.6) is 0 Å². The number of aliphatic hydroxyl groups excluding tert-OH is 1. The minimum absolute atomic E-state index is 0.0597. The number of fused-ring (bicyclic) bond motifs is 1. The number of hydrogen-bond donors (Lipinski definition) is 3. The van der Waals surface area contributed by atoms with Crippen LogP contribution in [0.4, 0.5) is 18.0 Å². The number of urea groups is 1. The number of aliphatic hydroxyl groups is 1. The standard InChI is InChI=1S/C24H32F3N5O4/c25-24(26,27)15-7-14-10-31(5-2-18(14)29-9-15)21(34)17-11-32(22(28)35)13-23(17)4-1-16(8-23)30-19-3-6-36-12-20(19)33/h7,9,16-17,19-20,30,33H,1-6,8,10-13H2,(H2,28,35)/t16-,17?,19+,20-,23+/m0/s1. The molecule has 1 unspecified atom stereocenters. The quantitative estimate of drug-likeness (QED) is 0.562. The summed E-state index contributed by atoms with van der Waals surface area (Å²) in [7, 11) is 0. The molecule has 36 heavy (non-hydrogen) atoms. The number of likely N-dealkylation sites (tertiary alicyclic amines) is 1. The van der Waals surface area contributed by atoms with Gasteiger partial charge in [0.15, 0.2) is 0 Å². The number of nitrogens with two attached hydrogens (primary N) is 1. The van der Waals surface area contributed by atoms with E-state index in [0.717, 1.165) is 18.7 Å². The van der Waals surface area contributed by atoms with Gasteiger partial charge in [0.2, 0.25) is 5.91 Å². The van der Waals surface area contributed by atoms with Crippen LogP contribution in [0.1, 0.15) is 42.5 Å². The van der Waals surface area contributed by atoms with E-state index in [1.165, 1.54) is 4.90 Å². The van der Waals surface area contributed by atoms with Gasteiger partial charge in [-0.1, -0.05) is 0 Å². The van der Waals surface area contributed by atoms with Gasteiger partial charge in [0.05, 0.1) is 24.2 Å². The molecule has 1 saturated carbocycles. The summed E-state index contributed by atoms with van der Waals surface area (Å²) in [6.45, 7) is 1.86. The fourth-order valence-electron chi connectivity index (χ4n) is 6.45. The van der Waals surface area contributed by atoms with Crippen molar-refractivity contribution in [3.8, 4) is 0 Å². The average Bonchev–Trinajstić information content (AvgIpc) is 3.42. The summed E-state index contributed by atoms with van der Waals surface area (Å²) in [6, 6.07) is 0.488. The number of hydrogen-bond acceptors (Lipinski definition) is 6. The van der Waals surface area contributed by atoms with E-state index < -0.39 is 35.2 Å².